The maximum atomic E-state index is 12.8. The van der Waals surface area contributed by atoms with Gasteiger partial charge in [-0.1, -0.05) is 44.3 Å². The Balaban J connectivity index is 1.91. The number of thiazole rings is 1. The summed E-state index contributed by atoms with van der Waals surface area (Å²) in [5, 5.41) is 20.4. The Hall–Kier alpha value is -2.36. The Labute approximate surface area is 206 Å². The molecule has 3 rings (SSSR count). The predicted molar refractivity (Wildman–Crippen MR) is 141 cm³/mol. The van der Waals surface area contributed by atoms with E-state index in [1.165, 1.54) is 11.3 Å². The number of nitrogens with one attached hydrogen (secondary N) is 3. The summed E-state index contributed by atoms with van der Waals surface area (Å²) in [6, 6.07) is 2.44. The highest BCUT2D eigenvalue weighted by Crippen LogP contribution is 2.34. The van der Waals surface area contributed by atoms with Crippen LogP contribution in [-0.2, 0) is 13.0 Å². The minimum Gasteiger partial charge on any atom is -0.391 e. The third kappa shape index (κ3) is 7.32. The summed E-state index contributed by atoms with van der Waals surface area (Å²) in [5.74, 6) is 2.09. The van der Waals surface area contributed by atoms with Gasteiger partial charge in [-0.15, -0.1) is 0 Å². The number of halogens is 1. The minimum absolute atomic E-state index is 0.0406. The second-order valence-electron chi connectivity index (χ2n) is 8.64. The van der Waals surface area contributed by atoms with Gasteiger partial charge < -0.3 is 21.1 Å². The molecular weight excluding hydrogens is 451 g/mol. The highest BCUT2D eigenvalue weighted by molar-refractivity contribution is 7.15. The number of allylic oxidation sites excluding steroid dienone is 1. The highest BCUT2D eigenvalue weighted by Gasteiger charge is 2.26. The maximum absolute atomic E-state index is 12.8. The van der Waals surface area contributed by atoms with Gasteiger partial charge in [0.1, 0.15) is 18.3 Å². The molecule has 186 valence electrons. The summed E-state index contributed by atoms with van der Waals surface area (Å²) in [5.41, 5.74) is 1.87. The van der Waals surface area contributed by atoms with Crippen LogP contribution in [0.2, 0.25) is 0 Å². The van der Waals surface area contributed by atoms with E-state index in [4.69, 9.17) is 4.98 Å². The molecule has 0 amide bonds. The van der Waals surface area contributed by atoms with Crippen molar-refractivity contribution >= 4 is 40.0 Å². The van der Waals surface area contributed by atoms with Crippen molar-refractivity contribution in [2.24, 2.45) is 10.9 Å². The van der Waals surface area contributed by atoms with Crippen molar-refractivity contribution in [3.63, 3.8) is 0 Å². The second-order valence-corrected chi connectivity index (χ2v) is 9.76. The van der Waals surface area contributed by atoms with E-state index in [9.17, 15) is 9.50 Å². The maximum Gasteiger partial charge on any atom is 0.188 e. The third-order valence-corrected chi connectivity index (χ3v) is 7.17. The van der Waals surface area contributed by atoms with Gasteiger partial charge in [0.15, 0.2) is 5.13 Å². The lowest BCUT2D eigenvalue weighted by Crippen LogP contribution is -2.35. The third-order valence-electron chi connectivity index (χ3n) is 6.27. The van der Waals surface area contributed by atoms with Crippen molar-refractivity contribution < 1.29 is 9.50 Å². The zero-order chi connectivity index (χ0) is 24.3. The molecule has 0 aliphatic heterocycles. The molecule has 1 aliphatic rings. The average Bonchev–Trinajstić information content (AvgIpc) is 3.20. The Morgan fingerprint density at radius 3 is 2.82 bits per heavy atom. The van der Waals surface area contributed by atoms with Gasteiger partial charge in [0.25, 0.3) is 0 Å². The van der Waals surface area contributed by atoms with E-state index in [1.807, 2.05) is 6.07 Å². The SMILES string of the molecule is C=C/C=N\c1cc(Nc2ncc(CO)s2)nc(NC2CC(CC)CCC(NCCF)C2)c1CC. The number of aliphatic imine (C=N–C) groups is 1. The van der Waals surface area contributed by atoms with Crippen LogP contribution in [0.5, 0.6) is 0 Å². The molecular formula is C25H37FN6OS. The largest absolute Gasteiger partial charge is 0.391 e. The van der Waals surface area contributed by atoms with Gasteiger partial charge in [-0.25, -0.2) is 14.4 Å². The molecule has 0 radical (unpaired) electrons. The first kappa shape index (κ1) is 26.2. The first-order valence-electron chi connectivity index (χ1n) is 12.2. The minimum atomic E-state index is -0.347. The van der Waals surface area contributed by atoms with Crippen molar-refractivity contribution in [1.82, 2.24) is 15.3 Å². The van der Waals surface area contributed by atoms with E-state index in [1.54, 1.807) is 18.5 Å². The van der Waals surface area contributed by atoms with E-state index in [0.717, 1.165) is 60.5 Å². The molecule has 3 unspecified atom stereocenters. The van der Waals surface area contributed by atoms with Gasteiger partial charge in [-0.05, 0) is 38.0 Å². The molecule has 7 nitrogen and oxygen atoms in total. The second kappa shape index (κ2) is 13.5. The number of alkyl halides is 1. The summed E-state index contributed by atoms with van der Waals surface area (Å²) in [4.78, 5) is 14.6. The van der Waals surface area contributed by atoms with Crippen LogP contribution in [0, 0.1) is 5.92 Å². The Morgan fingerprint density at radius 1 is 1.29 bits per heavy atom. The zero-order valence-electron chi connectivity index (χ0n) is 20.2. The van der Waals surface area contributed by atoms with Crippen LogP contribution in [-0.4, -0.2) is 46.6 Å². The lowest BCUT2D eigenvalue weighted by Gasteiger charge is -2.25. The van der Waals surface area contributed by atoms with Gasteiger partial charge in [-0.3, -0.25) is 4.99 Å². The predicted octanol–water partition coefficient (Wildman–Crippen LogP) is 5.53. The summed E-state index contributed by atoms with van der Waals surface area (Å²) < 4.78 is 12.8. The van der Waals surface area contributed by atoms with Gasteiger partial charge in [0, 0.05) is 42.7 Å². The molecule has 34 heavy (non-hydrogen) atoms. The quantitative estimate of drug-likeness (QED) is 0.232. The van der Waals surface area contributed by atoms with Crippen molar-refractivity contribution in [2.45, 2.75) is 71.1 Å². The van der Waals surface area contributed by atoms with Gasteiger partial charge in [0.05, 0.1) is 17.2 Å². The van der Waals surface area contributed by atoms with E-state index < -0.39 is 0 Å². The van der Waals surface area contributed by atoms with E-state index in [2.05, 4.69) is 46.4 Å². The summed E-state index contributed by atoms with van der Waals surface area (Å²) >= 11 is 1.39. The van der Waals surface area contributed by atoms with Gasteiger partial charge in [0.2, 0.25) is 0 Å². The Bertz CT molecular complexity index is 949. The number of anilines is 3. The first-order chi connectivity index (χ1) is 16.6. The van der Waals surface area contributed by atoms with Crippen LogP contribution in [0.1, 0.15) is 56.4 Å². The fourth-order valence-corrected chi connectivity index (χ4v) is 5.21. The van der Waals surface area contributed by atoms with Gasteiger partial charge in [-0.2, -0.15) is 0 Å². The first-order valence-corrected chi connectivity index (χ1v) is 13.0. The lowest BCUT2D eigenvalue weighted by molar-refractivity contribution is 0.285. The molecule has 4 N–H and O–H groups in total. The Kier molecular flexibility index (Phi) is 10.4. The summed E-state index contributed by atoms with van der Waals surface area (Å²) in [6.07, 6.45) is 11.1. The molecule has 2 aromatic heterocycles. The normalized spacial score (nSPS) is 20.9. The average molecular weight is 489 g/mol. The fourth-order valence-electron chi connectivity index (χ4n) is 4.53. The number of hydrogen-bond acceptors (Lipinski definition) is 8. The number of nitrogens with zero attached hydrogens (tertiary/aromatic N) is 3. The highest BCUT2D eigenvalue weighted by atomic mass is 32.1. The number of aromatic nitrogens is 2. The molecule has 9 heteroatoms. The number of rotatable bonds is 12. The van der Waals surface area contributed by atoms with Crippen LogP contribution >= 0.6 is 11.3 Å². The lowest BCUT2D eigenvalue weighted by atomic mass is 9.95. The van der Waals surface area contributed by atoms with Crippen LogP contribution in [0.15, 0.2) is 29.9 Å². The van der Waals surface area contributed by atoms with Crippen molar-refractivity contribution in [1.29, 1.82) is 0 Å². The number of hydrogen-bond donors (Lipinski definition) is 4. The molecule has 1 fully saturated rings. The molecule has 3 atom stereocenters. The van der Waals surface area contributed by atoms with Crippen LogP contribution < -0.4 is 16.0 Å². The molecule has 0 aromatic carbocycles. The summed E-state index contributed by atoms with van der Waals surface area (Å²) in [6.45, 7) is 8.11. The molecule has 1 aliphatic carbocycles. The fraction of sp³-hybridized carbons (Fsp3) is 0.560. The van der Waals surface area contributed by atoms with Crippen molar-refractivity contribution in [2.75, 3.05) is 23.9 Å². The number of aliphatic hydroxyl groups excluding tert-OH is 1. The summed E-state index contributed by atoms with van der Waals surface area (Å²) in [7, 11) is 0. The standard InChI is InChI=1S/C25H37FN6OS/c1-4-10-28-22-14-23(32-25-29-15-20(16-33)34-25)31-24(21(22)6-3)30-19-12-17(5-2)7-8-18(13-19)27-11-9-26/h4,10,14-15,17-19,27,33H,1,5-9,11-13,16H2,2-3H3,(H2,29,30,31,32)/b28-10-. The van der Waals surface area contributed by atoms with Crippen LogP contribution in [0.3, 0.4) is 0 Å². The molecule has 1 saturated carbocycles. The van der Waals surface area contributed by atoms with Crippen molar-refractivity contribution in [3.05, 3.63) is 35.4 Å². The number of pyridine rings is 1. The molecule has 0 bridgehead atoms. The van der Waals surface area contributed by atoms with E-state index >= 15 is 0 Å². The van der Waals surface area contributed by atoms with E-state index in [0.29, 0.717) is 29.5 Å². The molecule has 2 aromatic rings. The van der Waals surface area contributed by atoms with Crippen LogP contribution in [0.25, 0.3) is 0 Å². The monoisotopic (exact) mass is 488 g/mol. The molecule has 0 saturated heterocycles. The zero-order valence-corrected chi connectivity index (χ0v) is 21.0. The topological polar surface area (TPSA) is 94.5 Å². The van der Waals surface area contributed by atoms with Crippen LogP contribution in [0.4, 0.5) is 26.8 Å². The number of aliphatic hydroxyl groups is 1. The molecule has 0 spiro atoms. The Morgan fingerprint density at radius 2 is 2.15 bits per heavy atom. The molecule has 2 heterocycles. The van der Waals surface area contributed by atoms with Crippen molar-refractivity contribution in [3.8, 4) is 0 Å². The van der Waals surface area contributed by atoms with Gasteiger partial charge >= 0.3 is 0 Å². The van der Waals surface area contributed by atoms with E-state index in [-0.39, 0.29) is 19.3 Å². The smallest absolute Gasteiger partial charge is 0.188 e.